The van der Waals surface area contributed by atoms with Gasteiger partial charge >= 0.3 is 0 Å². The van der Waals surface area contributed by atoms with Gasteiger partial charge in [0.05, 0.1) is 11.7 Å². The zero-order valence-corrected chi connectivity index (χ0v) is 10.2. The molecule has 0 aromatic carbocycles. The van der Waals surface area contributed by atoms with Crippen LogP contribution in [0.2, 0.25) is 0 Å². The van der Waals surface area contributed by atoms with E-state index in [-0.39, 0.29) is 5.91 Å². The lowest BCUT2D eigenvalue weighted by Crippen LogP contribution is -2.07. The first-order valence-electron chi connectivity index (χ1n) is 5.75. The van der Waals surface area contributed by atoms with E-state index < -0.39 is 0 Å². The van der Waals surface area contributed by atoms with E-state index in [1.807, 2.05) is 12.1 Å². The molecule has 0 aliphatic rings. The molecule has 3 aromatic heterocycles. The van der Waals surface area contributed by atoms with E-state index in [1.165, 1.54) is 6.92 Å². The molecule has 6 nitrogen and oxygen atoms in total. The number of carbonyl (C=O) groups is 1. The molecular weight excluding hydrogens is 242 g/mol. The van der Waals surface area contributed by atoms with Gasteiger partial charge < -0.3 is 5.32 Å². The lowest BCUT2D eigenvalue weighted by Gasteiger charge is -2.04. The number of fused-ring (bicyclic) bond motifs is 1. The van der Waals surface area contributed by atoms with Crippen molar-refractivity contribution in [3.8, 4) is 11.1 Å². The largest absolute Gasteiger partial charge is 0.311 e. The second kappa shape index (κ2) is 4.49. The Bertz CT molecular complexity index is 749. The summed E-state index contributed by atoms with van der Waals surface area (Å²) in [5.41, 5.74) is 3.56. The SMILES string of the molecule is CC(=O)Nc1cc(-c2cnc3cn[nH]c3c2)ccn1. The van der Waals surface area contributed by atoms with Gasteiger partial charge in [-0.3, -0.25) is 14.9 Å². The molecule has 3 aromatic rings. The Hall–Kier alpha value is -2.76. The average Bonchev–Trinajstić information content (AvgIpc) is 2.85. The third-order valence-electron chi connectivity index (χ3n) is 2.69. The van der Waals surface area contributed by atoms with Crippen LogP contribution >= 0.6 is 0 Å². The molecule has 0 saturated carbocycles. The lowest BCUT2D eigenvalue weighted by molar-refractivity contribution is -0.114. The number of H-pyrrole nitrogens is 1. The summed E-state index contributed by atoms with van der Waals surface area (Å²) in [5, 5.41) is 9.47. The number of hydrogen-bond donors (Lipinski definition) is 2. The summed E-state index contributed by atoms with van der Waals surface area (Å²) in [7, 11) is 0. The van der Waals surface area contributed by atoms with Crippen LogP contribution in [0, 0.1) is 0 Å². The van der Waals surface area contributed by atoms with Gasteiger partial charge in [0.15, 0.2) is 0 Å². The molecule has 0 bridgehead atoms. The highest BCUT2D eigenvalue weighted by Gasteiger charge is 2.04. The Morgan fingerprint density at radius 3 is 2.95 bits per heavy atom. The summed E-state index contributed by atoms with van der Waals surface area (Å²) in [5.74, 6) is 0.376. The monoisotopic (exact) mass is 253 g/mol. The van der Waals surface area contributed by atoms with Gasteiger partial charge in [-0.15, -0.1) is 0 Å². The molecule has 0 atom stereocenters. The van der Waals surface area contributed by atoms with Gasteiger partial charge in [-0.1, -0.05) is 0 Å². The highest BCUT2D eigenvalue weighted by atomic mass is 16.1. The number of hydrogen-bond acceptors (Lipinski definition) is 4. The van der Waals surface area contributed by atoms with E-state index in [2.05, 4.69) is 25.5 Å². The smallest absolute Gasteiger partial charge is 0.222 e. The fourth-order valence-electron chi connectivity index (χ4n) is 1.85. The fraction of sp³-hybridized carbons (Fsp3) is 0.0769. The van der Waals surface area contributed by atoms with Crippen molar-refractivity contribution >= 4 is 22.8 Å². The summed E-state index contributed by atoms with van der Waals surface area (Å²) in [6.07, 6.45) is 5.09. The van der Waals surface area contributed by atoms with Crippen LogP contribution in [-0.2, 0) is 4.79 Å². The van der Waals surface area contributed by atoms with Crippen molar-refractivity contribution in [3.05, 3.63) is 36.8 Å². The molecule has 0 unspecified atom stereocenters. The number of aromatic nitrogens is 4. The minimum Gasteiger partial charge on any atom is -0.311 e. The molecule has 0 fully saturated rings. The first-order chi connectivity index (χ1) is 9.22. The van der Waals surface area contributed by atoms with Gasteiger partial charge in [0.25, 0.3) is 0 Å². The highest BCUT2D eigenvalue weighted by Crippen LogP contribution is 2.22. The quantitative estimate of drug-likeness (QED) is 0.731. The van der Waals surface area contributed by atoms with Gasteiger partial charge in [0, 0.05) is 24.9 Å². The highest BCUT2D eigenvalue weighted by molar-refractivity contribution is 5.88. The maximum Gasteiger partial charge on any atom is 0.222 e. The molecule has 0 aliphatic heterocycles. The maximum atomic E-state index is 11.0. The zero-order valence-electron chi connectivity index (χ0n) is 10.2. The Morgan fingerprint density at radius 1 is 1.21 bits per heavy atom. The number of amides is 1. The van der Waals surface area contributed by atoms with Crippen LogP contribution in [0.4, 0.5) is 5.82 Å². The Balaban J connectivity index is 2.02. The van der Waals surface area contributed by atoms with Gasteiger partial charge in [-0.2, -0.15) is 5.10 Å². The van der Waals surface area contributed by atoms with Gasteiger partial charge in [-0.05, 0) is 23.8 Å². The second-order valence-corrected chi connectivity index (χ2v) is 4.14. The normalized spacial score (nSPS) is 10.6. The second-order valence-electron chi connectivity index (χ2n) is 4.14. The van der Waals surface area contributed by atoms with Crippen molar-refractivity contribution in [3.63, 3.8) is 0 Å². The molecule has 94 valence electrons. The van der Waals surface area contributed by atoms with E-state index in [4.69, 9.17) is 0 Å². The van der Waals surface area contributed by atoms with Crippen LogP contribution < -0.4 is 5.32 Å². The zero-order chi connectivity index (χ0) is 13.2. The molecule has 1 amide bonds. The summed E-state index contributed by atoms with van der Waals surface area (Å²) in [6, 6.07) is 5.63. The van der Waals surface area contributed by atoms with Gasteiger partial charge in [-0.25, -0.2) is 4.98 Å². The number of carbonyl (C=O) groups excluding carboxylic acids is 1. The summed E-state index contributed by atoms with van der Waals surface area (Å²) in [6.45, 7) is 1.45. The molecule has 3 rings (SSSR count). The van der Waals surface area contributed by atoms with Crippen molar-refractivity contribution in [2.45, 2.75) is 6.92 Å². The number of anilines is 1. The fourth-order valence-corrected chi connectivity index (χ4v) is 1.85. The van der Waals surface area contributed by atoms with Crippen LogP contribution in [-0.4, -0.2) is 26.1 Å². The summed E-state index contributed by atoms with van der Waals surface area (Å²) < 4.78 is 0. The molecular formula is C13H11N5O. The number of rotatable bonds is 2. The van der Waals surface area contributed by atoms with E-state index in [1.54, 1.807) is 24.7 Å². The maximum absolute atomic E-state index is 11.0. The molecule has 6 heteroatoms. The van der Waals surface area contributed by atoms with Crippen LogP contribution in [0.5, 0.6) is 0 Å². The van der Waals surface area contributed by atoms with E-state index in [9.17, 15) is 4.79 Å². The van der Waals surface area contributed by atoms with Crippen molar-refractivity contribution in [2.75, 3.05) is 5.32 Å². The third-order valence-corrected chi connectivity index (χ3v) is 2.69. The van der Waals surface area contributed by atoms with Gasteiger partial charge in [0.1, 0.15) is 11.3 Å². The predicted molar refractivity (Wildman–Crippen MR) is 71.4 cm³/mol. The van der Waals surface area contributed by atoms with Crippen molar-refractivity contribution in [2.24, 2.45) is 0 Å². The van der Waals surface area contributed by atoms with Crippen LogP contribution in [0.25, 0.3) is 22.2 Å². The van der Waals surface area contributed by atoms with Crippen molar-refractivity contribution in [1.29, 1.82) is 0 Å². The van der Waals surface area contributed by atoms with Gasteiger partial charge in [0.2, 0.25) is 5.91 Å². The average molecular weight is 253 g/mol. The molecule has 0 radical (unpaired) electrons. The molecule has 0 saturated heterocycles. The molecule has 0 spiro atoms. The Labute approximate surface area is 108 Å². The Kier molecular flexibility index (Phi) is 2.68. The summed E-state index contributed by atoms with van der Waals surface area (Å²) >= 11 is 0. The molecule has 3 heterocycles. The van der Waals surface area contributed by atoms with Crippen molar-refractivity contribution in [1.82, 2.24) is 20.2 Å². The number of nitrogens with one attached hydrogen (secondary N) is 2. The van der Waals surface area contributed by atoms with Crippen LogP contribution in [0.1, 0.15) is 6.92 Å². The Morgan fingerprint density at radius 2 is 2.11 bits per heavy atom. The number of pyridine rings is 2. The predicted octanol–water partition coefficient (Wildman–Crippen LogP) is 1.98. The van der Waals surface area contributed by atoms with Crippen molar-refractivity contribution < 1.29 is 4.79 Å². The topological polar surface area (TPSA) is 83.6 Å². The molecule has 19 heavy (non-hydrogen) atoms. The minimum absolute atomic E-state index is 0.146. The number of aromatic amines is 1. The lowest BCUT2D eigenvalue weighted by atomic mass is 10.1. The minimum atomic E-state index is -0.146. The van der Waals surface area contributed by atoms with Crippen LogP contribution in [0.3, 0.4) is 0 Å². The first-order valence-corrected chi connectivity index (χ1v) is 5.75. The van der Waals surface area contributed by atoms with Crippen LogP contribution in [0.15, 0.2) is 36.8 Å². The molecule has 2 N–H and O–H groups in total. The van der Waals surface area contributed by atoms with E-state index in [0.717, 1.165) is 22.2 Å². The van der Waals surface area contributed by atoms with E-state index >= 15 is 0 Å². The standard InChI is InChI=1S/C13H11N5O/c1-8(19)17-13-5-9(2-3-14-13)10-4-11-12(15-6-10)7-16-18-11/h2-7H,1H3,(H,16,18)(H,14,17,19). The third kappa shape index (κ3) is 2.28. The first kappa shape index (κ1) is 11.3. The summed E-state index contributed by atoms with van der Waals surface area (Å²) in [4.78, 5) is 19.4. The van der Waals surface area contributed by atoms with E-state index in [0.29, 0.717) is 5.82 Å². The molecule has 0 aliphatic carbocycles. The number of nitrogens with zero attached hydrogens (tertiary/aromatic N) is 3.